The zero-order valence-electron chi connectivity index (χ0n) is 11.7. The number of hydrogen-bond donors (Lipinski definition) is 2. The molecule has 0 aliphatic heterocycles. The molecule has 2 rings (SSSR count). The van der Waals surface area contributed by atoms with Crippen molar-refractivity contribution in [2.75, 3.05) is 5.73 Å². The fraction of sp³-hybridized carbons (Fsp3) is 0.385. The fourth-order valence-electron chi connectivity index (χ4n) is 1.98. The third-order valence-electron chi connectivity index (χ3n) is 3.08. The molecule has 2 aromatic rings. The number of thiol groups is 1. The van der Waals surface area contributed by atoms with Gasteiger partial charge in [0.1, 0.15) is 0 Å². The first kappa shape index (κ1) is 15.7. The Bertz CT molecular complexity index is 677. The molecular formula is C13H15F3N4S. The molecule has 0 unspecified atom stereocenters. The van der Waals surface area contributed by atoms with E-state index in [4.69, 9.17) is 5.73 Å². The fourth-order valence-corrected chi connectivity index (χ4v) is 2.16. The van der Waals surface area contributed by atoms with Gasteiger partial charge in [-0.15, -0.1) is 17.7 Å². The Hall–Kier alpha value is -1.70. The second-order valence-electron chi connectivity index (χ2n) is 5.06. The smallest absolute Gasteiger partial charge is 0.368 e. The van der Waals surface area contributed by atoms with E-state index in [1.807, 2.05) is 26.8 Å². The second-order valence-corrected chi connectivity index (χ2v) is 5.54. The molecule has 1 heterocycles. The number of alkyl halides is 3. The number of hydrogen-bond acceptors (Lipinski definition) is 4. The largest absolute Gasteiger partial charge is 0.453 e. The van der Waals surface area contributed by atoms with Crippen LogP contribution in [0, 0.1) is 6.92 Å². The molecule has 0 spiro atoms. The molecule has 0 aliphatic carbocycles. The Balaban J connectivity index is 2.67. The molecule has 114 valence electrons. The lowest BCUT2D eigenvalue weighted by atomic mass is 9.99. The van der Waals surface area contributed by atoms with Crippen molar-refractivity contribution < 1.29 is 13.2 Å². The van der Waals surface area contributed by atoms with Crippen LogP contribution in [0.2, 0.25) is 0 Å². The van der Waals surface area contributed by atoms with Crippen molar-refractivity contribution in [3.8, 4) is 5.69 Å². The van der Waals surface area contributed by atoms with E-state index in [1.165, 1.54) is 0 Å². The third kappa shape index (κ3) is 2.99. The summed E-state index contributed by atoms with van der Waals surface area (Å²) in [6.45, 7) is 5.76. The summed E-state index contributed by atoms with van der Waals surface area (Å²) < 4.78 is 39.1. The lowest BCUT2D eigenvalue weighted by Crippen LogP contribution is -2.10. The van der Waals surface area contributed by atoms with Crippen molar-refractivity contribution in [2.24, 2.45) is 0 Å². The highest BCUT2D eigenvalue weighted by atomic mass is 32.1. The maximum atomic E-state index is 12.7. The van der Waals surface area contributed by atoms with Crippen molar-refractivity contribution in [1.82, 2.24) is 14.8 Å². The monoisotopic (exact) mass is 316 g/mol. The van der Waals surface area contributed by atoms with E-state index in [1.54, 1.807) is 6.07 Å². The van der Waals surface area contributed by atoms with E-state index in [2.05, 4.69) is 22.7 Å². The normalized spacial score (nSPS) is 12.2. The van der Waals surface area contributed by atoms with E-state index >= 15 is 0 Å². The van der Waals surface area contributed by atoms with Crippen LogP contribution in [0.5, 0.6) is 0 Å². The number of rotatable bonds is 2. The van der Waals surface area contributed by atoms with Crippen LogP contribution in [0.15, 0.2) is 17.0 Å². The molecular weight excluding hydrogens is 301 g/mol. The molecule has 2 N–H and O–H groups in total. The van der Waals surface area contributed by atoms with E-state index in [0.717, 1.165) is 15.8 Å². The highest BCUT2D eigenvalue weighted by Gasteiger charge is 2.37. The Morgan fingerprint density at radius 1 is 1.29 bits per heavy atom. The number of aromatic nitrogens is 3. The molecule has 0 amide bonds. The van der Waals surface area contributed by atoms with Crippen LogP contribution in [-0.4, -0.2) is 14.8 Å². The molecule has 0 aliphatic rings. The predicted octanol–water partition coefficient (Wildman–Crippen LogP) is 3.59. The second kappa shape index (κ2) is 5.25. The summed E-state index contributed by atoms with van der Waals surface area (Å²) in [4.78, 5) is 3.94. The van der Waals surface area contributed by atoms with E-state index < -0.39 is 12.0 Å². The highest BCUT2D eigenvalue weighted by molar-refractivity contribution is 7.80. The average molecular weight is 316 g/mol. The van der Waals surface area contributed by atoms with Crippen LogP contribution >= 0.6 is 12.6 Å². The summed E-state index contributed by atoms with van der Waals surface area (Å²) in [5, 5.41) is 3.49. The zero-order chi connectivity index (χ0) is 15.9. The molecule has 0 bridgehead atoms. The topological polar surface area (TPSA) is 56.7 Å². The maximum Gasteiger partial charge on any atom is 0.453 e. The van der Waals surface area contributed by atoms with Crippen molar-refractivity contribution in [1.29, 1.82) is 0 Å². The Morgan fingerprint density at radius 3 is 2.38 bits per heavy atom. The minimum atomic E-state index is -4.63. The van der Waals surface area contributed by atoms with E-state index in [-0.39, 0.29) is 11.9 Å². The average Bonchev–Trinajstić information content (AvgIpc) is 2.74. The Labute approximate surface area is 125 Å². The molecule has 4 nitrogen and oxygen atoms in total. The lowest BCUT2D eigenvalue weighted by Gasteiger charge is -2.15. The first-order chi connectivity index (χ1) is 9.61. The summed E-state index contributed by atoms with van der Waals surface area (Å²) in [7, 11) is 0. The zero-order valence-corrected chi connectivity index (χ0v) is 12.6. The van der Waals surface area contributed by atoms with Crippen LogP contribution in [0.25, 0.3) is 5.69 Å². The van der Waals surface area contributed by atoms with Gasteiger partial charge in [-0.2, -0.15) is 22.8 Å². The minimum absolute atomic E-state index is 0.0885. The quantitative estimate of drug-likeness (QED) is 0.833. The van der Waals surface area contributed by atoms with Gasteiger partial charge in [0, 0.05) is 4.90 Å². The number of nitrogens with two attached hydrogens (primary N) is 1. The van der Waals surface area contributed by atoms with Crippen molar-refractivity contribution in [2.45, 2.75) is 37.8 Å². The molecule has 8 heteroatoms. The minimum Gasteiger partial charge on any atom is -0.368 e. The number of nitrogens with zero attached hydrogens (tertiary/aromatic N) is 3. The van der Waals surface area contributed by atoms with E-state index in [0.29, 0.717) is 10.6 Å². The molecule has 0 atom stereocenters. The third-order valence-corrected chi connectivity index (χ3v) is 3.56. The number of halogens is 3. The summed E-state index contributed by atoms with van der Waals surface area (Å²) in [5.74, 6) is -1.47. The summed E-state index contributed by atoms with van der Waals surface area (Å²) in [5.41, 5.74) is 7.81. The predicted molar refractivity (Wildman–Crippen MR) is 76.9 cm³/mol. The number of aryl methyl sites for hydroxylation is 1. The Morgan fingerprint density at radius 2 is 1.90 bits per heavy atom. The molecule has 0 radical (unpaired) electrons. The van der Waals surface area contributed by atoms with Crippen molar-refractivity contribution in [3.05, 3.63) is 29.1 Å². The summed E-state index contributed by atoms with van der Waals surface area (Å²) in [6.07, 6.45) is -4.63. The Kier molecular flexibility index (Phi) is 3.92. The lowest BCUT2D eigenvalue weighted by molar-refractivity contribution is -0.144. The van der Waals surface area contributed by atoms with Gasteiger partial charge in [0.25, 0.3) is 5.82 Å². The van der Waals surface area contributed by atoms with Crippen LogP contribution in [0.3, 0.4) is 0 Å². The number of benzene rings is 1. The highest BCUT2D eigenvalue weighted by Crippen LogP contribution is 2.32. The van der Waals surface area contributed by atoms with Crippen LogP contribution < -0.4 is 5.73 Å². The number of anilines is 1. The van der Waals surface area contributed by atoms with Gasteiger partial charge >= 0.3 is 6.18 Å². The molecule has 0 fully saturated rings. The van der Waals surface area contributed by atoms with Crippen LogP contribution in [0.1, 0.15) is 36.7 Å². The first-order valence-corrected chi connectivity index (χ1v) is 6.69. The van der Waals surface area contributed by atoms with Gasteiger partial charge in [0.2, 0.25) is 5.95 Å². The molecule has 21 heavy (non-hydrogen) atoms. The first-order valence-electron chi connectivity index (χ1n) is 6.25. The molecule has 0 saturated carbocycles. The van der Waals surface area contributed by atoms with E-state index in [9.17, 15) is 13.2 Å². The maximum absolute atomic E-state index is 12.7. The van der Waals surface area contributed by atoms with Gasteiger partial charge in [0.05, 0.1) is 5.69 Å². The summed E-state index contributed by atoms with van der Waals surface area (Å²) >= 11 is 4.31. The van der Waals surface area contributed by atoms with Gasteiger partial charge in [-0.3, -0.25) is 0 Å². The van der Waals surface area contributed by atoms with Gasteiger partial charge < -0.3 is 5.73 Å². The van der Waals surface area contributed by atoms with Crippen molar-refractivity contribution in [3.63, 3.8) is 0 Å². The standard InChI is InChI=1S/C13H15F3N4S/c1-6(2)8-4-7(3)10(21)5-9(8)20-12(17)18-11(19-20)13(14,15)16/h4-6,21H,1-3H3,(H2,17,18,19). The van der Waals surface area contributed by atoms with Gasteiger partial charge in [-0.1, -0.05) is 19.9 Å². The van der Waals surface area contributed by atoms with Crippen LogP contribution in [-0.2, 0) is 6.18 Å². The van der Waals surface area contributed by atoms with Crippen LogP contribution in [0.4, 0.5) is 19.1 Å². The molecule has 0 saturated heterocycles. The van der Waals surface area contributed by atoms with Gasteiger partial charge in [-0.25, -0.2) is 0 Å². The van der Waals surface area contributed by atoms with Crippen molar-refractivity contribution >= 4 is 18.6 Å². The van der Waals surface area contributed by atoms with Gasteiger partial charge in [-0.05, 0) is 30.0 Å². The molecule has 1 aromatic heterocycles. The molecule has 1 aromatic carbocycles. The SMILES string of the molecule is Cc1cc(C(C)C)c(-n2nc(C(F)(F)F)nc2N)cc1S. The summed E-state index contributed by atoms with van der Waals surface area (Å²) in [6, 6.07) is 3.52. The number of nitrogen functional groups attached to an aromatic ring is 1. The van der Waals surface area contributed by atoms with Gasteiger partial charge in [0.15, 0.2) is 0 Å².